The first-order valence-corrected chi connectivity index (χ1v) is 13.6. The zero-order valence-electron chi connectivity index (χ0n) is 21.9. The molecule has 10 heteroatoms. The summed E-state index contributed by atoms with van der Waals surface area (Å²) in [5.74, 6) is 2.92. The van der Waals surface area contributed by atoms with Crippen LogP contribution in [0.2, 0.25) is 5.02 Å². The Hall–Kier alpha value is -3.04. The molecule has 0 unspecified atom stereocenters. The first kappa shape index (κ1) is 24.0. The number of anilines is 1. The minimum Gasteiger partial charge on any atom is -0.355 e. The molecule has 3 fully saturated rings. The fourth-order valence-corrected chi connectivity index (χ4v) is 7.04. The van der Waals surface area contributed by atoms with Gasteiger partial charge in [0.2, 0.25) is 5.91 Å². The number of aryl methyl sites for hydroxylation is 1. The largest absolute Gasteiger partial charge is 0.355 e. The molecule has 1 saturated heterocycles. The van der Waals surface area contributed by atoms with Crippen LogP contribution in [0.4, 0.5) is 10.2 Å². The molecule has 2 saturated carbocycles. The van der Waals surface area contributed by atoms with Crippen molar-refractivity contribution in [3.8, 4) is 5.69 Å². The first-order chi connectivity index (χ1) is 18.2. The van der Waals surface area contributed by atoms with Gasteiger partial charge in [-0.05, 0) is 68.0 Å². The molecule has 0 atom stereocenters. The summed E-state index contributed by atoms with van der Waals surface area (Å²) in [6, 6.07) is 7.83. The maximum atomic E-state index is 13.7. The van der Waals surface area contributed by atoms with Crippen LogP contribution in [0, 0.1) is 18.2 Å². The monoisotopic (exact) mass is 535 g/mol. The summed E-state index contributed by atoms with van der Waals surface area (Å²) in [6.45, 7) is 4.85. The van der Waals surface area contributed by atoms with Crippen LogP contribution in [0.3, 0.4) is 0 Å². The van der Waals surface area contributed by atoms with Crippen molar-refractivity contribution in [3.05, 3.63) is 64.1 Å². The van der Waals surface area contributed by atoms with Crippen LogP contribution in [0.15, 0.2) is 30.5 Å². The number of pyridine rings is 1. The molecule has 0 bridgehead atoms. The Kier molecular flexibility index (Phi) is 5.20. The first-order valence-electron chi connectivity index (χ1n) is 13.2. The van der Waals surface area contributed by atoms with E-state index in [2.05, 4.69) is 30.5 Å². The van der Waals surface area contributed by atoms with Crippen molar-refractivity contribution in [1.82, 2.24) is 29.5 Å². The number of benzene rings is 1. The third-order valence-corrected chi connectivity index (χ3v) is 9.23. The van der Waals surface area contributed by atoms with E-state index in [4.69, 9.17) is 16.7 Å². The number of likely N-dealkylation sites (N-methyl/N-ethyl adjacent to an activating group) is 1. The minimum absolute atomic E-state index is 0.149. The fourth-order valence-electron chi connectivity index (χ4n) is 6.84. The number of carbonyl (C=O) groups is 1. The van der Waals surface area contributed by atoms with Gasteiger partial charge in [0.25, 0.3) is 0 Å². The highest BCUT2D eigenvalue weighted by Crippen LogP contribution is 2.57. The van der Waals surface area contributed by atoms with Crippen molar-refractivity contribution in [3.63, 3.8) is 0 Å². The summed E-state index contributed by atoms with van der Waals surface area (Å²) in [5.41, 5.74) is 2.55. The predicted molar refractivity (Wildman–Crippen MR) is 142 cm³/mol. The third-order valence-electron chi connectivity index (χ3n) is 9.00. The van der Waals surface area contributed by atoms with Crippen LogP contribution in [0.5, 0.6) is 0 Å². The Balaban J connectivity index is 1.15. The molecule has 3 aromatic rings. The van der Waals surface area contributed by atoms with Gasteiger partial charge >= 0.3 is 0 Å². The SMILES string of the molecule is Cc1cc(N2CC3(CC(c4nnc5n4-c4ccc(Cl)cc4CN(C4(C(=O)N(C)C)CC4)C5)C3)C2)ncc1F. The van der Waals surface area contributed by atoms with Crippen LogP contribution >= 0.6 is 11.6 Å². The molecule has 0 radical (unpaired) electrons. The maximum Gasteiger partial charge on any atom is 0.242 e. The molecule has 38 heavy (non-hydrogen) atoms. The summed E-state index contributed by atoms with van der Waals surface area (Å²) in [4.78, 5) is 23.7. The Morgan fingerprint density at radius 2 is 1.89 bits per heavy atom. The molecule has 4 aliphatic rings. The van der Waals surface area contributed by atoms with E-state index in [-0.39, 0.29) is 17.1 Å². The third kappa shape index (κ3) is 3.58. The molecule has 1 aromatic carbocycles. The molecule has 2 aliphatic heterocycles. The smallest absolute Gasteiger partial charge is 0.242 e. The summed E-state index contributed by atoms with van der Waals surface area (Å²) in [6.07, 6.45) is 5.10. The van der Waals surface area contributed by atoms with E-state index < -0.39 is 5.54 Å². The second-order valence-corrected chi connectivity index (χ2v) is 12.4. The van der Waals surface area contributed by atoms with Gasteiger partial charge in [-0.25, -0.2) is 9.37 Å². The number of hydrogen-bond acceptors (Lipinski definition) is 6. The highest BCUT2D eigenvalue weighted by Gasteiger charge is 2.57. The van der Waals surface area contributed by atoms with Crippen molar-refractivity contribution in [2.75, 3.05) is 32.1 Å². The van der Waals surface area contributed by atoms with Gasteiger partial charge in [0.15, 0.2) is 5.82 Å². The van der Waals surface area contributed by atoms with Crippen molar-refractivity contribution in [2.45, 2.75) is 57.2 Å². The van der Waals surface area contributed by atoms with Gasteiger partial charge in [-0.1, -0.05) is 11.6 Å². The van der Waals surface area contributed by atoms with Crippen LogP contribution in [-0.4, -0.2) is 68.2 Å². The maximum absolute atomic E-state index is 13.7. The standard InChI is InChI=1S/C28H31ClFN7O/c1-17-8-23(31-12-21(17)30)35-15-27(16-35)10-19(11-27)25-33-32-24-14-36(28(6-7-28)26(38)34(2)3)13-18-9-20(29)4-5-22(18)37(24)25/h4-5,8-9,12,19H,6-7,10-11,13-16H2,1-3H3. The summed E-state index contributed by atoms with van der Waals surface area (Å²) in [7, 11) is 3.65. The highest BCUT2D eigenvalue weighted by atomic mass is 35.5. The molecule has 7 rings (SSSR count). The summed E-state index contributed by atoms with van der Waals surface area (Å²) < 4.78 is 15.9. The van der Waals surface area contributed by atoms with Gasteiger partial charge in [0, 0.05) is 50.1 Å². The Morgan fingerprint density at radius 3 is 2.58 bits per heavy atom. The Bertz CT molecular complexity index is 1450. The van der Waals surface area contributed by atoms with Gasteiger partial charge in [-0.2, -0.15) is 0 Å². The second-order valence-electron chi connectivity index (χ2n) is 11.9. The molecular formula is C28H31ClFN7O. The van der Waals surface area contributed by atoms with Crippen molar-refractivity contribution < 1.29 is 9.18 Å². The van der Waals surface area contributed by atoms with Gasteiger partial charge < -0.3 is 9.80 Å². The molecule has 198 valence electrons. The van der Waals surface area contributed by atoms with Gasteiger partial charge in [-0.3, -0.25) is 14.3 Å². The number of rotatable bonds is 4. The number of fused-ring (bicyclic) bond motifs is 3. The number of carbonyl (C=O) groups excluding carboxylic acids is 1. The molecule has 2 aliphatic carbocycles. The van der Waals surface area contributed by atoms with E-state index >= 15 is 0 Å². The van der Waals surface area contributed by atoms with E-state index in [9.17, 15) is 9.18 Å². The van der Waals surface area contributed by atoms with Gasteiger partial charge in [0.05, 0.1) is 18.4 Å². The lowest BCUT2D eigenvalue weighted by atomic mass is 9.57. The predicted octanol–water partition coefficient (Wildman–Crippen LogP) is 4.08. The molecule has 1 spiro atoms. The zero-order chi connectivity index (χ0) is 26.4. The lowest BCUT2D eigenvalue weighted by Crippen LogP contribution is -2.62. The van der Waals surface area contributed by atoms with Crippen LogP contribution in [0.1, 0.15) is 54.4 Å². The molecule has 2 aromatic heterocycles. The molecule has 0 N–H and O–H groups in total. The van der Waals surface area contributed by atoms with Crippen molar-refractivity contribution >= 4 is 23.3 Å². The summed E-state index contributed by atoms with van der Waals surface area (Å²) >= 11 is 6.44. The Labute approximate surface area is 226 Å². The average molecular weight is 536 g/mol. The number of aromatic nitrogens is 4. The summed E-state index contributed by atoms with van der Waals surface area (Å²) in [5, 5.41) is 10.1. The van der Waals surface area contributed by atoms with E-state index in [1.54, 1.807) is 11.8 Å². The quantitative estimate of drug-likeness (QED) is 0.501. The highest BCUT2D eigenvalue weighted by molar-refractivity contribution is 6.30. The fraction of sp³-hybridized carbons (Fsp3) is 0.500. The Morgan fingerprint density at radius 1 is 1.13 bits per heavy atom. The topological polar surface area (TPSA) is 70.4 Å². The number of nitrogens with zero attached hydrogens (tertiary/aromatic N) is 7. The van der Waals surface area contributed by atoms with E-state index in [1.807, 2.05) is 32.3 Å². The molecule has 8 nitrogen and oxygen atoms in total. The van der Waals surface area contributed by atoms with Crippen LogP contribution < -0.4 is 4.90 Å². The van der Waals surface area contributed by atoms with Gasteiger partial charge in [0.1, 0.15) is 23.0 Å². The minimum atomic E-state index is -0.479. The van der Waals surface area contributed by atoms with Crippen LogP contribution in [0.25, 0.3) is 5.69 Å². The lowest BCUT2D eigenvalue weighted by molar-refractivity contribution is -0.136. The second kappa shape index (κ2) is 8.23. The molecule has 1 amide bonds. The van der Waals surface area contributed by atoms with Crippen molar-refractivity contribution in [1.29, 1.82) is 0 Å². The normalized spacial score (nSPS) is 21.2. The zero-order valence-corrected chi connectivity index (χ0v) is 22.7. The molecular weight excluding hydrogens is 505 g/mol. The average Bonchev–Trinajstić information content (AvgIpc) is 3.57. The molecule has 4 heterocycles. The van der Waals surface area contributed by atoms with Crippen LogP contribution in [-0.2, 0) is 17.9 Å². The van der Waals surface area contributed by atoms with E-state index in [0.717, 1.165) is 67.5 Å². The van der Waals surface area contributed by atoms with E-state index in [1.165, 1.54) is 6.20 Å². The number of amides is 1. The lowest BCUT2D eigenvalue weighted by Gasteiger charge is -2.59. The number of halogens is 2. The van der Waals surface area contributed by atoms with E-state index in [0.29, 0.717) is 29.6 Å². The van der Waals surface area contributed by atoms with Gasteiger partial charge in [-0.15, -0.1) is 10.2 Å². The van der Waals surface area contributed by atoms with Crippen molar-refractivity contribution in [2.24, 2.45) is 5.41 Å². The number of hydrogen-bond donors (Lipinski definition) is 0.